The molecule has 1 aromatic rings. The van der Waals surface area contributed by atoms with Crippen LogP contribution in [0, 0.1) is 5.41 Å². The minimum atomic E-state index is -0.730. The summed E-state index contributed by atoms with van der Waals surface area (Å²) in [6, 6.07) is 8.16. The first-order chi connectivity index (χ1) is 9.49. The number of aliphatic hydroxyl groups is 1. The molecule has 0 saturated heterocycles. The van der Waals surface area contributed by atoms with Gasteiger partial charge in [0.15, 0.2) is 0 Å². The zero-order chi connectivity index (χ0) is 14.4. The molecule has 3 nitrogen and oxygen atoms in total. The lowest BCUT2D eigenvalue weighted by Gasteiger charge is -2.50. The van der Waals surface area contributed by atoms with E-state index in [1.165, 1.54) is 12.0 Å². The third kappa shape index (κ3) is 1.76. The fraction of sp³-hybridized carbons (Fsp3) is 0.529. The van der Waals surface area contributed by atoms with Crippen LogP contribution in [0.4, 0.5) is 0 Å². The number of benzene rings is 1. The van der Waals surface area contributed by atoms with E-state index in [0.717, 1.165) is 30.5 Å². The molecule has 0 amide bonds. The third-order valence-corrected chi connectivity index (χ3v) is 5.29. The maximum absolute atomic E-state index is 11.4. The highest BCUT2D eigenvalue weighted by atomic mass is 16.3. The average molecular weight is 272 g/mol. The molecular formula is C17H24N2O. The van der Waals surface area contributed by atoms with Crippen molar-refractivity contribution in [3.8, 4) is 0 Å². The molecule has 4 N–H and O–H groups in total. The summed E-state index contributed by atoms with van der Waals surface area (Å²) < 4.78 is 0. The number of nitrogens with two attached hydrogens (primary N) is 1. The second-order valence-corrected chi connectivity index (χ2v) is 6.76. The van der Waals surface area contributed by atoms with E-state index < -0.39 is 5.60 Å². The van der Waals surface area contributed by atoms with Gasteiger partial charge in [0.25, 0.3) is 0 Å². The Morgan fingerprint density at radius 3 is 2.65 bits per heavy atom. The molecule has 1 aliphatic carbocycles. The largest absolute Gasteiger partial charge is 0.403 e. The minimum Gasteiger partial charge on any atom is -0.403 e. The molecule has 1 fully saturated rings. The van der Waals surface area contributed by atoms with Crippen LogP contribution in [0.25, 0.3) is 5.70 Å². The van der Waals surface area contributed by atoms with Crippen LogP contribution in [0.1, 0.15) is 56.7 Å². The van der Waals surface area contributed by atoms with Crippen molar-refractivity contribution < 1.29 is 5.11 Å². The molecule has 1 heterocycles. The predicted octanol–water partition coefficient (Wildman–Crippen LogP) is 2.92. The molecule has 1 aromatic carbocycles. The number of hydrogen-bond donors (Lipinski definition) is 3. The van der Waals surface area contributed by atoms with Gasteiger partial charge in [-0.25, -0.2) is 0 Å². The molecule has 0 radical (unpaired) electrons. The smallest absolute Gasteiger partial charge is 0.0940 e. The first kappa shape index (κ1) is 13.5. The second kappa shape index (κ2) is 4.52. The van der Waals surface area contributed by atoms with E-state index in [4.69, 9.17) is 5.73 Å². The van der Waals surface area contributed by atoms with E-state index in [-0.39, 0.29) is 11.5 Å². The van der Waals surface area contributed by atoms with E-state index in [1.807, 2.05) is 12.1 Å². The zero-order valence-corrected chi connectivity index (χ0v) is 12.3. The van der Waals surface area contributed by atoms with Crippen LogP contribution >= 0.6 is 0 Å². The highest BCUT2D eigenvalue weighted by Crippen LogP contribution is 2.53. The van der Waals surface area contributed by atoms with Crippen molar-refractivity contribution in [1.82, 2.24) is 5.32 Å². The maximum atomic E-state index is 11.4. The molecule has 3 rings (SSSR count). The maximum Gasteiger partial charge on any atom is 0.0940 e. The molecular weight excluding hydrogens is 248 g/mol. The van der Waals surface area contributed by atoms with E-state index >= 15 is 0 Å². The molecule has 0 bridgehead atoms. The fourth-order valence-electron chi connectivity index (χ4n) is 3.87. The van der Waals surface area contributed by atoms with Gasteiger partial charge in [0.05, 0.1) is 17.3 Å². The third-order valence-electron chi connectivity index (χ3n) is 5.29. The van der Waals surface area contributed by atoms with Crippen LogP contribution in [-0.4, -0.2) is 10.7 Å². The van der Waals surface area contributed by atoms with Gasteiger partial charge in [0.2, 0.25) is 0 Å². The molecule has 1 aliphatic heterocycles. The molecule has 108 valence electrons. The zero-order valence-electron chi connectivity index (χ0n) is 12.3. The highest BCUT2D eigenvalue weighted by Gasteiger charge is 2.53. The van der Waals surface area contributed by atoms with Crippen molar-refractivity contribution in [3.63, 3.8) is 0 Å². The fourth-order valence-corrected chi connectivity index (χ4v) is 3.87. The number of fused-ring (bicyclic) bond motifs is 1. The first-order valence-corrected chi connectivity index (χ1v) is 7.50. The summed E-state index contributed by atoms with van der Waals surface area (Å²) in [5.41, 5.74) is 8.14. The van der Waals surface area contributed by atoms with Gasteiger partial charge in [-0.3, -0.25) is 0 Å². The van der Waals surface area contributed by atoms with Gasteiger partial charge in [-0.05, 0) is 23.8 Å². The molecule has 2 aliphatic rings. The first-order valence-electron chi connectivity index (χ1n) is 7.50. The summed E-state index contributed by atoms with van der Waals surface area (Å²) in [6.07, 6.45) is 5.79. The minimum absolute atomic E-state index is 0.0659. The standard InChI is InChI=1S/C17H24N2O/c1-16(2)9-5-6-10-17(16,20)15-13-8-4-3-7-12(13)14(11-18)19-15/h3-4,7-8,11,15,19-20H,5-6,9-10,18H2,1-2H3/b14-11-. The van der Waals surface area contributed by atoms with Crippen molar-refractivity contribution in [1.29, 1.82) is 0 Å². The van der Waals surface area contributed by atoms with E-state index in [2.05, 4.69) is 31.3 Å². The Labute approximate surface area is 120 Å². The number of rotatable bonds is 1. The second-order valence-electron chi connectivity index (χ2n) is 6.76. The SMILES string of the molecule is CC1(C)CCCCC1(O)C1N/C(=C\N)c2ccccc21. The quantitative estimate of drug-likeness (QED) is 0.736. The molecule has 0 aromatic heterocycles. The van der Waals surface area contributed by atoms with Gasteiger partial charge >= 0.3 is 0 Å². The van der Waals surface area contributed by atoms with Crippen molar-refractivity contribution in [2.24, 2.45) is 11.1 Å². The Kier molecular flexibility index (Phi) is 3.05. The van der Waals surface area contributed by atoms with Gasteiger partial charge in [0.1, 0.15) is 0 Å². The Bertz CT molecular complexity index is 550. The monoisotopic (exact) mass is 272 g/mol. The van der Waals surface area contributed by atoms with E-state index in [1.54, 1.807) is 6.20 Å². The lowest BCUT2D eigenvalue weighted by Crippen LogP contribution is -2.54. The highest BCUT2D eigenvalue weighted by molar-refractivity contribution is 5.72. The Balaban J connectivity index is 2.07. The normalized spacial score (nSPS) is 33.8. The van der Waals surface area contributed by atoms with Gasteiger partial charge in [-0.1, -0.05) is 51.0 Å². The molecule has 1 saturated carbocycles. The summed E-state index contributed by atoms with van der Waals surface area (Å²) >= 11 is 0. The van der Waals surface area contributed by atoms with Crippen molar-refractivity contribution in [2.45, 2.75) is 51.2 Å². The van der Waals surface area contributed by atoms with Crippen molar-refractivity contribution in [3.05, 3.63) is 41.6 Å². The van der Waals surface area contributed by atoms with Crippen LogP contribution in [0.5, 0.6) is 0 Å². The van der Waals surface area contributed by atoms with E-state index in [9.17, 15) is 5.11 Å². The number of hydrogen-bond acceptors (Lipinski definition) is 3. The van der Waals surface area contributed by atoms with Crippen LogP contribution < -0.4 is 11.1 Å². The molecule has 3 heteroatoms. The van der Waals surface area contributed by atoms with Crippen molar-refractivity contribution >= 4 is 5.70 Å². The number of nitrogens with one attached hydrogen (secondary N) is 1. The average Bonchev–Trinajstić information content (AvgIpc) is 2.81. The molecule has 0 spiro atoms. The molecule has 2 atom stereocenters. The van der Waals surface area contributed by atoms with Crippen molar-refractivity contribution in [2.75, 3.05) is 0 Å². The predicted molar refractivity (Wildman–Crippen MR) is 81.7 cm³/mol. The summed E-state index contributed by atoms with van der Waals surface area (Å²) in [5, 5.41) is 14.9. The van der Waals surface area contributed by atoms with Crippen LogP contribution in [0.3, 0.4) is 0 Å². The van der Waals surface area contributed by atoms with Gasteiger partial charge in [0, 0.05) is 11.8 Å². The van der Waals surface area contributed by atoms with Crippen LogP contribution in [-0.2, 0) is 0 Å². The lowest BCUT2D eigenvalue weighted by atomic mass is 9.61. The van der Waals surface area contributed by atoms with Crippen LogP contribution in [0.15, 0.2) is 30.5 Å². The Morgan fingerprint density at radius 2 is 1.95 bits per heavy atom. The molecule has 2 unspecified atom stereocenters. The summed E-state index contributed by atoms with van der Waals surface area (Å²) in [4.78, 5) is 0. The summed E-state index contributed by atoms with van der Waals surface area (Å²) in [5.74, 6) is 0. The molecule has 20 heavy (non-hydrogen) atoms. The van der Waals surface area contributed by atoms with Gasteiger partial charge in [-0.2, -0.15) is 0 Å². The Morgan fingerprint density at radius 1 is 1.25 bits per heavy atom. The summed E-state index contributed by atoms with van der Waals surface area (Å²) in [6.45, 7) is 4.36. The van der Waals surface area contributed by atoms with E-state index in [0.29, 0.717) is 0 Å². The summed E-state index contributed by atoms with van der Waals surface area (Å²) in [7, 11) is 0. The van der Waals surface area contributed by atoms with Gasteiger partial charge < -0.3 is 16.2 Å². The Hall–Kier alpha value is -1.48. The topological polar surface area (TPSA) is 58.3 Å². The van der Waals surface area contributed by atoms with Crippen LogP contribution in [0.2, 0.25) is 0 Å². The van der Waals surface area contributed by atoms with Gasteiger partial charge in [-0.15, -0.1) is 0 Å². The lowest BCUT2D eigenvalue weighted by molar-refractivity contribution is -0.119.